The van der Waals surface area contributed by atoms with Crippen molar-refractivity contribution < 1.29 is 4.79 Å². The molecule has 3 heteroatoms. The van der Waals surface area contributed by atoms with Crippen LogP contribution in [0.1, 0.15) is 64.0 Å². The maximum Gasteiger partial charge on any atom is 0.224 e. The minimum Gasteiger partial charge on any atom is -0.365 e. The third kappa shape index (κ3) is 3.47. The monoisotopic (exact) mass is 362 g/mol. The predicted molar refractivity (Wildman–Crippen MR) is 112 cm³/mol. The smallest absolute Gasteiger partial charge is 0.224 e. The highest BCUT2D eigenvalue weighted by Crippen LogP contribution is 2.44. The Hall–Kier alpha value is -2.29. The molecular weight excluding hydrogens is 332 g/mol. The van der Waals surface area contributed by atoms with Gasteiger partial charge in [0.05, 0.1) is 6.04 Å². The van der Waals surface area contributed by atoms with Gasteiger partial charge in [-0.25, -0.2) is 0 Å². The molecule has 27 heavy (non-hydrogen) atoms. The van der Waals surface area contributed by atoms with Crippen LogP contribution in [0.15, 0.2) is 54.6 Å². The summed E-state index contributed by atoms with van der Waals surface area (Å²) in [5.41, 5.74) is 3.61. The standard InChI is InChI=1S/C24H30N2O/c1-18-17-24(26(19(2)27)21-13-7-4-8-14-21)22-15-9-10-16-23(22)25(18)20-11-5-3-6-12-20/h4,7-10,13-16,18,20,24H,3,5-6,11-12,17H2,1-2H3. The Morgan fingerprint density at radius 2 is 1.63 bits per heavy atom. The predicted octanol–water partition coefficient (Wildman–Crippen LogP) is 5.71. The number of carbonyl (C=O) groups is 1. The molecule has 1 fully saturated rings. The van der Waals surface area contributed by atoms with Gasteiger partial charge in [0, 0.05) is 30.4 Å². The third-order valence-electron chi connectivity index (χ3n) is 6.27. The molecule has 0 saturated heterocycles. The van der Waals surface area contributed by atoms with Crippen molar-refractivity contribution in [3.8, 4) is 0 Å². The number of carbonyl (C=O) groups excluding carboxylic acids is 1. The van der Waals surface area contributed by atoms with Crippen LogP contribution in [0.3, 0.4) is 0 Å². The zero-order chi connectivity index (χ0) is 18.8. The first kappa shape index (κ1) is 18.1. The number of amides is 1. The Balaban J connectivity index is 1.75. The van der Waals surface area contributed by atoms with E-state index in [1.165, 1.54) is 43.4 Å². The Labute approximate surface area is 163 Å². The highest BCUT2D eigenvalue weighted by molar-refractivity contribution is 5.92. The lowest BCUT2D eigenvalue weighted by atomic mass is 9.85. The summed E-state index contributed by atoms with van der Waals surface area (Å²) in [5, 5.41) is 0. The van der Waals surface area contributed by atoms with E-state index in [0.29, 0.717) is 12.1 Å². The van der Waals surface area contributed by atoms with Gasteiger partial charge in [-0.3, -0.25) is 4.79 Å². The van der Waals surface area contributed by atoms with Crippen molar-refractivity contribution in [2.75, 3.05) is 9.80 Å². The summed E-state index contributed by atoms with van der Waals surface area (Å²) < 4.78 is 0. The number of para-hydroxylation sites is 2. The molecule has 0 aromatic heterocycles. The van der Waals surface area contributed by atoms with Gasteiger partial charge in [0.25, 0.3) is 0 Å². The summed E-state index contributed by atoms with van der Waals surface area (Å²) in [5.74, 6) is 0.110. The number of hydrogen-bond donors (Lipinski definition) is 0. The first-order valence-electron chi connectivity index (χ1n) is 10.4. The Morgan fingerprint density at radius 1 is 0.963 bits per heavy atom. The second-order valence-corrected chi connectivity index (χ2v) is 8.08. The van der Waals surface area contributed by atoms with E-state index in [1.54, 1.807) is 6.92 Å². The summed E-state index contributed by atoms with van der Waals surface area (Å²) in [6, 6.07) is 20.0. The van der Waals surface area contributed by atoms with Crippen LogP contribution >= 0.6 is 0 Å². The van der Waals surface area contributed by atoms with E-state index < -0.39 is 0 Å². The van der Waals surface area contributed by atoms with E-state index in [0.717, 1.165) is 12.1 Å². The number of hydrogen-bond acceptors (Lipinski definition) is 2. The van der Waals surface area contributed by atoms with Crippen molar-refractivity contribution in [3.05, 3.63) is 60.2 Å². The van der Waals surface area contributed by atoms with Crippen LogP contribution in [-0.4, -0.2) is 18.0 Å². The molecule has 1 saturated carbocycles. The van der Waals surface area contributed by atoms with Gasteiger partial charge in [-0.15, -0.1) is 0 Å². The van der Waals surface area contributed by atoms with E-state index in [9.17, 15) is 4.79 Å². The highest BCUT2D eigenvalue weighted by atomic mass is 16.2. The molecule has 0 bridgehead atoms. The summed E-state index contributed by atoms with van der Waals surface area (Å²) in [4.78, 5) is 17.3. The van der Waals surface area contributed by atoms with Gasteiger partial charge < -0.3 is 9.80 Å². The van der Waals surface area contributed by atoms with Crippen LogP contribution < -0.4 is 9.80 Å². The van der Waals surface area contributed by atoms with Crippen LogP contribution in [0.4, 0.5) is 11.4 Å². The largest absolute Gasteiger partial charge is 0.365 e. The zero-order valence-corrected chi connectivity index (χ0v) is 16.5. The number of rotatable bonds is 3. The Kier molecular flexibility index (Phi) is 5.20. The van der Waals surface area contributed by atoms with Crippen molar-refractivity contribution >= 4 is 17.3 Å². The molecular formula is C24H30N2O. The topological polar surface area (TPSA) is 23.6 Å². The molecule has 2 aromatic rings. The number of anilines is 2. The molecule has 0 N–H and O–H groups in total. The number of fused-ring (bicyclic) bond motifs is 1. The van der Waals surface area contributed by atoms with Crippen LogP contribution in [0.25, 0.3) is 0 Å². The molecule has 2 unspecified atom stereocenters. The fourth-order valence-electron chi connectivity index (χ4n) is 5.14. The van der Waals surface area contributed by atoms with Gasteiger partial charge in [-0.1, -0.05) is 55.7 Å². The average molecular weight is 363 g/mol. The van der Waals surface area contributed by atoms with Gasteiger partial charge in [0.1, 0.15) is 0 Å². The average Bonchev–Trinajstić information content (AvgIpc) is 2.69. The minimum atomic E-state index is 0.0935. The van der Waals surface area contributed by atoms with Gasteiger partial charge in [0.15, 0.2) is 0 Å². The Morgan fingerprint density at radius 3 is 2.33 bits per heavy atom. The molecule has 0 spiro atoms. The molecule has 2 aliphatic rings. The molecule has 1 heterocycles. The van der Waals surface area contributed by atoms with Crippen molar-refractivity contribution in [2.24, 2.45) is 0 Å². The van der Waals surface area contributed by atoms with Crippen molar-refractivity contribution in [1.82, 2.24) is 0 Å². The van der Waals surface area contributed by atoms with E-state index in [1.807, 2.05) is 35.2 Å². The van der Waals surface area contributed by atoms with E-state index in [2.05, 4.69) is 36.1 Å². The first-order valence-corrected chi connectivity index (χ1v) is 10.4. The SMILES string of the molecule is CC(=O)N(c1ccccc1)C1CC(C)N(C2CCCCC2)c2ccccc21. The maximum atomic E-state index is 12.7. The lowest BCUT2D eigenvalue weighted by Crippen LogP contribution is -2.49. The first-order chi connectivity index (χ1) is 13.2. The number of nitrogens with zero attached hydrogens (tertiary/aromatic N) is 2. The fourth-order valence-corrected chi connectivity index (χ4v) is 5.14. The number of benzene rings is 2. The van der Waals surface area contributed by atoms with E-state index >= 15 is 0 Å². The molecule has 1 amide bonds. The Bertz CT molecular complexity index is 782. The van der Waals surface area contributed by atoms with Crippen LogP contribution in [-0.2, 0) is 4.79 Å². The summed E-state index contributed by atoms with van der Waals surface area (Å²) in [7, 11) is 0. The molecule has 2 atom stereocenters. The fraction of sp³-hybridized carbons (Fsp3) is 0.458. The second-order valence-electron chi connectivity index (χ2n) is 8.08. The van der Waals surface area contributed by atoms with Crippen molar-refractivity contribution in [3.63, 3.8) is 0 Å². The molecule has 1 aliphatic heterocycles. The molecule has 142 valence electrons. The molecule has 2 aromatic carbocycles. The quantitative estimate of drug-likeness (QED) is 0.698. The van der Waals surface area contributed by atoms with Crippen LogP contribution in [0.2, 0.25) is 0 Å². The minimum absolute atomic E-state index is 0.0935. The normalized spacial score (nSPS) is 23.0. The lowest BCUT2D eigenvalue weighted by molar-refractivity contribution is -0.117. The van der Waals surface area contributed by atoms with Crippen molar-refractivity contribution in [1.29, 1.82) is 0 Å². The maximum absolute atomic E-state index is 12.7. The summed E-state index contributed by atoms with van der Waals surface area (Å²) >= 11 is 0. The lowest BCUT2D eigenvalue weighted by Gasteiger charge is -2.48. The zero-order valence-electron chi connectivity index (χ0n) is 16.5. The molecule has 4 rings (SSSR count). The molecule has 0 radical (unpaired) electrons. The van der Waals surface area contributed by atoms with Gasteiger partial charge in [-0.05, 0) is 49.9 Å². The van der Waals surface area contributed by atoms with E-state index in [-0.39, 0.29) is 11.9 Å². The summed E-state index contributed by atoms with van der Waals surface area (Å²) in [6.07, 6.45) is 7.60. The second kappa shape index (κ2) is 7.75. The highest BCUT2D eigenvalue weighted by Gasteiger charge is 2.38. The van der Waals surface area contributed by atoms with Crippen LogP contribution in [0.5, 0.6) is 0 Å². The van der Waals surface area contributed by atoms with Gasteiger partial charge in [-0.2, -0.15) is 0 Å². The van der Waals surface area contributed by atoms with Gasteiger partial charge in [0.2, 0.25) is 5.91 Å². The third-order valence-corrected chi connectivity index (χ3v) is 6.27. The summed E-state index contributed by atoms with van der Waals surface area (Å²) in [6.45, 7) is 4.02. The van der Waals surface area contributed by atoms with Crippen molar-refractivity contribution in [2.45, 2.75) is 70.5 Å². The van der Waals surface area contributed by atoms with E-state index in [4.69, 9.17) is 0 Å². The van der Waals surface area contributed by atoms with Gasteiger partial charge >= 0.3 is 0 Å². The molecule has 3 nitrogen and oxygen atoms in total. The van der Waals surface area contributed by atoms with Crippen LogP contribution in [0, 0.1) is 0 Å². The molecule has 1 aliphatic carbocycles.